The number of anilines is 2. The van der Waals surface area contributed by atoms with Gasteiger partial charge in [-0.1, -0.05) is 25.5 Å². The van der Waals surface area contributed by atoms with E-state index in [2.05, 4.69) is 33.2 Å². The van der Waals surface area contributed by atoms with E-state index in [4.69, 9.17) is 0 Å². The van der Waals surface area contributed by atoms with E-state index in [1.165, 1.54) is 0 Å². The highest BCUT2D eigenvalue weighted by atomic mass is 79.9. The Balaban J connectivity index is 2.13. The number of carbonyl (C=O) groups is 1. The van der Waals surface area contributed by atoms with Gasteiger partial charge in [0.2, 0.25) is 0 Å². The predicted octanol–water partition coefficient (Wildman–Crippen LogP) is 4.46. The van der Waals surface area contributed by atoms with Gasteiger partial charge < -0.3 is 10.2 Å². The molecule has 2 aromatic rings. The molecule has 0 aliphatic carbocycles. The lowest BCUT2D eigenvalue weighted by atomic mass is 10.2. The number of para-hydroxylation sites is 1. The average molecular weight is 362 g/mol. The maximum Gasteiger partial charge on any atom is 0.255 e. The molecule has 1 aromatic heterocycles. The molecule has 22 heavy (non-hydrogen) atoms. The first kappa shape index (κ1) is 16.5. The van der Waals surface area contributed by atoms with E-state index in [1.54, 1.807) is 17.3 Å². The highest BCUT2D eigenvalue weighted by Crippen LogP contribution is 2.25. The number of nitrogens with one attached hydrogen (secondary N) is 1. The monoisotopic (exact) mass is 361 g/mol. The number of hydrogen-bond acceptors (Lipinski definition) is 3. The number of pyridine rings is 1. The molecule has 1 aromatic carbocycles. The van der Waals surface area contributed by atoms with E-state index in [0.29, 0.717) is 5.56 Å². The Labute approximate surface area is 139 Å². The van der Waals surface area contributed by atoms with Gasteiger partial charge in [0, 0.05) is 24.3 Å². The molecule has 0 aliphatic rings. The molecule has 4 nitrogen and oxygen atoms in total. The van der Waals surface area contributed by atoms with Crippen molar-refractivity contribution >= 4 is 33.2 Å². The number of halogens is 1. The van der Waals surface area contributed by atoms with Crippen molar-refractivity contribution in [1.29, 1.82) is 0 Å². The molecule has 0 saturated heterocycles. The fourth-order valence-electron chi connectivity index (χ4n) is 2.06. The van der Waals surface area contributed by atoms with Gasteiger partial charge in [0.1, 0.15) is 0 Å². The third-order valence-electron chi connectivity index (χ3n) is 3.33. The van der Waals surface area contributed by atoms with Gasteiger partial charge in [0.15, 0.2) is 0 Å². The Morgan fingerprint density at radius 2 is 2.09 bits per heavy atom. The van der Waals surface area contributed by atoms with Crippen LogP contribution in [0.1, 0.15) is 30.1 Å². The Hall–Kier alpha value is -1.88. The van der Waals surface area contributed by atoms with Crippen LogP contribution >= 0.6 is 15.9 Å². The highest BCUT2D eigenvalue weighted by molar-refractivity contribution is 9.10. The molecule has 5 heteroatoms. The van der Waals surface area contributed by atoms with Crippen LogP contribution in [0.2, 0.25) is 0 Å². The summed E-state index contributed by atoms with van der Waals surface area (Å²) in [5.74, 6) is -0.00303. The molecular weight excluding hydrogens is 342 g/mol. The number of aromatic nitrogens is 1. The summed E-state index contributed by atoms with van der Waals surface area (Å²) in [6.07, 6.45) is 5.39. The van der Waals surface area contributed by atoms with E-state index in [0.717, 1.165) is 35.2 Å². The van der Waals surface area contributed by atoms with Crippen LogP contribution in [0, 0.1) is 0 Å². The van der Waals surface area contributed by atoms with E-state index in [-0.39, 0.29) is 5.91 Å². The Bertz CT molecular complexity index is 645. The van der Waals surface area contributed by atoms with Gasteiger partial charge in [-0.15, -0.1) is 0 Å². The summed E-state index contributed by atoms with van der Waals surface area (Å²) in [6, 6.07) is 9.66. The van der Waals surface area contributed by atoms with Gasteiger partial charge in [0.05, 0.1) is 23.1 Å². The van der Waals surface area contributed by atoms with Crippen molar-refractivity contribution < 1.29 is 4.79 Å². The summed E-state index contributed by atoms with van der Waals surface area (Å²) >= 11 is 3.49. The van der Waals surface area contributed by atoms with Crippen LogP contribution in [-0.2, 0) is 0 Å². The number of hydrogen-bond donors (Lipinski definition) is 1. The summed E-state index contributed by atoms with van der Waals surface area (Å²) in [4.78, 5) is 18.3. The molecule has 0 spiro atoms. The van der Waals surface area contributed by atoms with Crippen molar-refractivity contribution in [2.24, 2.45) is 0 Å². The molecule has 0 radical (unpaired) electrons. The van der Waals surface area contributed by atoms with Gasteiger partial charge in [-0.05, 0) is 40.5 Å². The van der Waals surface area contributed by atoms with Crippen LogP contribution in [-0.4, -0.2) is 29.4 Å². The summed E-state index contributed by atoms with van der Waals surface area (Å²) < 4.78 is 0.965. The lowest BCUT2D eigenvalue weighted by molar-refractivity contribution is 0.0793. The standard InChI is InChI=1S/C17H20BrN3O/c1-3-4-9-21(2)17(22)13-10-14(12-19-11-13)20-16-8-6-5-7-15(16)18/h5-8,10-12,20H,3-4,9H2,1-2H3. The minimum absolute atomic E-state index is 0.00303. The zero-order chi connectivity index (χ0) is 15.9. The third kappa shape index (κ3) is 4.31. The van der Waals surface area contributed by atoms with Crippen LogP contribution in [0.3, 0.4) is 0 Å². The third-order valence-corrected chi connectivity index (χ3v) is 4.02. The van der Waals surface area contributed by atoms with Crippen LogP contribution in [0.15, 0.2) is 47.2 Å². The SMILES string of the molecule is CCCCN(C)C(=O)c1cncc(Nc2ccccc2Br)c1. The van der Waals surface area contributed by atoms with Gasteiger partial charge in [-0.2, -0.15) is 0 Å². The van der Waals surface area contributed by atoms with Crippen LogP contribution in [0.5, 0.6) is 0 Å². The van der Waals surface area contributed by atoms with E-state index in [9.17, 15) is 4.79 Å². The average Bonchev–Trinajstić information content (AvgIpc) is 2.54. The minimum atomic E-state index is -0.00303. The van der Waals surface area contributed by atoms with Crippen molar-refractivity contribution in [3.05, 3.63) is 52.8 Å². The first-order valence-corrected chi connectivity index (χ1v) is 8.13. The second-order valence-electron chi connectivity index (χ2n) is 5.15. The molecule has 0 bridgehead atoms. The maximum absolute atomic E-state index is 12.4. The second-order valence-corrected chi connectivity index (χ2v) is 6.00. The Kier molecular flexibility index (Phi) is 5.95. The van der Waals surface area contributed by atoms with Crippen LogP contribution in [0.4, 0.5) is 11.4 Å². The first-order valence-electron chi connectivity index (χ1n) is 7.34. The van der Waals surface area contributed by atoms with Crippen molar-refractivity contribution in [1.82, 2.24) is 9.88 Å². The normalized spacial score (nSPS) is 10.3. The Morgan fingerprint density at radius 1 is 1.32 bits per heavy atom. The van der Waals surface area contributed by atoms with Crippen molar-refractivity contribution in [3.8, 4) is 0 Å². The minimum Gasteiger partial charge on any atom is -0.353 e. The van der Waals surface area contributed by atoms with Crippen molar-refractivity contribution in [2.45, 2.75) is 19.8 Å². The molecule has 0 atom stereocenters. The molecule has 116 valence electrons. The zero-order valence-electron chi connectivity index (χ0n) is 12.8. The molecule has 1 N–H and O–H groups in total. The summed E-state index contributed by atoms with van der Waals surface area (Å²) in [6.45, 7) is 2.87. The molecular formula is C17H20BrN3O. The van der Waals surface area contributed by atoms with Crippen LogP contribution < -0.4 is 5.32 Å². The number of nitrogens with zero attached hydrogens (tertiary/aromatic N) is 2. The fourth-order valence-corrected chi connectivity index (χ4v) is 2.44. The summed E-state index contributed by atoms with van der Waals surface area (Å²) in [5.41, 5.74) is 2.32. The molecule has 1 amide bonds. The largest absolute Gasteiger partial charge is 0.353 e. The quantitative estimate of drug-likeness (QED) is 0.825. The number of rotatable bonds is 6. The van der Waals surface area contributed by atoms with E-state index < -0.39 is 0 Å². The van der Waals surface area contributed by atoms with E-state index in [1.807, 2.05) is 37.4 Å². The topological polar surface area (TPSA) is 45.2 Å². The summed E-state index contributed by atoms with van der Waals surface area (Å²) in [7, 11) is 1.83. The number of amides is 1. The molecule has 0 unspecified atom stereocenters. The van der Waals surface area contributed by atoms with Gasteiger partial charge in [0.25, 0.3) is 5.91 Å². The smallest absolute Gasteiger partial charge is 0.255 e. The molecule has 1 heterocycles. The fraction of sp³-hybridized carbons (Fsp3) is 0.294. The first-order chi connectivity index (χ1) is 10.6. The molecule has 2 rings (SSSR count). The van der Waals surface area contributed by atoms with E-state index >= 15 is 0 Å². The van der Waals surface area contributed by atoms with Gasteiger partial charge in [-0.25, -0.2) is 0 Å². The van der Waals surface area contributed by atoms with Gasteiger partial charge in [-0.3, -0.25) is 9.78 Å². The van der Waals surface area contributed by atoms with Crippen LogP contribution in [0.25, 0.3) is 0 Å². The number of carbonyl (C=O) groups excluding carboxylic acids is 1. The Morgan fingerprint density at radius 3 is 2.82 bits per heavy atom. The number of benzene rings is 1. The van der Waals surface area contributed by atoms with Crippen molar-refractivity contribution in [3.63, 3.8) is 0 Å². The predicted molar refractivity (Wildman–Crippen MR) is 93.5 cm³/mol. The van der Waals surface area contributed by atoms with Gasteiger partial charge >= 0.3 is 0 Å². The highest BCUT2D eigenvalue weighted by Gasteiger charge is 2.12. The molecule has 0 fully saturated rings. The lowest BCUT2D eigenvalue weighted by Crippen LogP contribution is -2.27. The second kappa shape index (κ2) is 7.94. The lowest BCUT2D eigenvalue weighted by Gasteiger charge is -2.17. The number of unbranched alkanes of at least 4 members (excludes halogenated alkanes) is 1. The summed E-state index contributed by atoms with van der Waals surface area (Å²) in [5, 5.41) is 3.27. The maximum atomic E-state index is 12.4. The van der Waals surface area contributed by atoms with Crippen molar-refractivity contribution in [2.75, 3.05) is 18.9 Å². The molecule has 0 aliphatic heterocycles. The molecule has 0 saturated carbocycles. The zero-order valence-corrected chi connectivity index (χ0v) is 14.4.